The van der Waals surface area contributed by atoms with Crippen molar-refractivity contribution in [1.29, 1.82) is 5.26 Å². The maximum absolute atomic E-state index is 12.5. The van der Waals surface area contributed by atoms with Crippen molar-refractivity contribution in [2.45, 2.75) is 62.6 Å². The summed E-state index contributed by atoms with van der Waals surface area (Å²) in [6.45, 7) is 6.85. The van der Waals surface area contributed by atoms with E-state index in [2.05, 4.69) is 53.8 Å². The number of amides is 1. The standard InChI is InChI=1S/C30H36N6O3/c1-3-26(37)36-18-17-35(19-22(36)12-15-31)27-24-11-14-30(13-10-21-7-4-5-9-25(21)30)39-28(24)33-29(32-27)38-20-23-8-6-16-34(23)2/h3-5,7,9,22-23H,1,6,8,10-14,16-20H2,2H3/t22-,23-,30+/m0/s1. The number of fused-ring (bicyclic) bond motifs is 3. The van der Waals surface area contributed by atoms with Gasteiger partial charge < -0.3 is 24.2 Å². The average molecular weight is 529 g/mol. The van der Waals surface area contributed by atoms with E-state index in [-0.39, 0.29) is 24.0 Å². The molecule has 9 heteroatoms. The number of likely N-dealkylation sites (N-methyl/N-ethyl adjacent to an activating group) is 1. The number of aryl methyl sites for hydroxylation is 1. The third kappa shape index (κ3) is 4.71. The first-order valence-electron chi connectivity index (χ1n) is 14.1. The van der Waals surface area contributed by atoms with Crippen LogP contribution in [0.1, 0.15) is 48.8 Å². The van der Waals surface area contributed by atoms with Crippen LogP contribution in [-0.4, -0.2) is 77.6 Å². The van der Waals surface area contributed by atoms with Gasteiger partial charge in [-0.05, 0) is 69.3 Å². The van der Waals surface area contributed by atoms with Crippen molar-refractivity contribution >= 4 is 11.7 Å². The minimum absolute atomic E-state index is 0.144. The number of nitriles is 1. The summed E-state index contributed by atoms with van der Waals surface area (Å²) in [4.78, 5) is 28.5. The van der Waals surface area contributed by atoms with Crippen molar-refractivity contribution in [3.8, 4) is 18.0 Å². The van der Waals surface area contributed by atoms with Gasteiger partial charge in [-0.15, -0.1) is 0 Å². The molecule has 9 nitrogen and oxygen atoms in total. The quantitative estimate of drug-likeness (QED) is 0.528. The number of hydrogen-bond donors (Lipinski definition) is 0. The van der Waals surface area contributed by atoms with E-state index in [9.17, 15) is 10.1 Å². The van der Waals surface area contributed by atoms with Gasteiger partial charge in [0.25, 0.3) is 0 Å². The fraction of sp³-hybridized carbons (Fsp3) is 0.533. The Labute approximate surface area is 230 Å². The van der Waals surface area contributed by atoms with Crippen LogP contribution < -0.4 is 14.4 Å². The van der Waals surface area contributed by atoms with Crippen LogP contribution in [0.2, 0.25) is 0 Å². The number of aromatic nitrogens is 2. The topological polar surface area (TPSA) is 94.8 Å². The van der Waals surface area contributed by atoms with Gasteiger partial charge in [0.2, 0.25) is 11.8 Å². The van der Waals surface area contributed by atoms with E-state index in [1.807, 2.05) is 0 Å². The number of benzene rings is 1. The van der Waals surface area contributed by atoms with E-state index in [4.69, 9.17) is 19.4 Å². The number of hydrogen-bond acceptors (Lipinski definition) is 8. The maximum atomic E-state index is 12.5. The summed E-state index contributed by atoms with van der Waals surface area (Å²) in [5.74, 6) is 1.25. The normalized spacial score (nSPS) is 26.1. The summed E-state index contributed by atoms with van der Waals surface area (Å²) in [5, 5.41) is 9.48. The highest BCUT2D eigenvalue weighted by molar-refractivity contribution is 5.87. The third-order valence-corrected chi connectivity index (χ3v) is 8.95. The van der Waals surface area contributed by atoms with Gasteiger partial charge >= 0.3 is 6.01 Å². The first kappa shape index (κ1) is 25.6. The van der Waals surface area contributed by atoms with Crippen LogP contribution in [0.3, 0.4) is 0 Å². The monoisotopic (exact) mass is 528 g/mol. The van der Waals surface area contributed by atoms with Crippen molar-refractivity contribution in [2.24, 2.45) is 0 Å². The number of anilines is 1. The highest BCUT2D eigenvalue weighted by Gasteiger charge is 2.45. The molecule has 1 aliphatic carbocycles. The van der Waals surface area contributed by atoms with Gasteiger partial charge in [0, 0.05) is 25.7 Å². The molecule has 2 fully saturated rings. The summed E-state index contributed by atoms with van der Waals surface area (Å²) in [7, 11) is 2.13. The molecule has 0 radical (unpaired) electrons. The second-order valence-electron chi connectivity index (χ2n) is 11.2. The van der Waals surface area contributed by atoms with Crippen LogP contribution >= 0.6 is 0 Å². The third-order valence-electron chi connectivity index (χ3n) is 8.95. The molecular weight excluding hydrogens is 492 g/mol. The smallest absolute Gasteiger partial charge is 0.321 e. The summed E-state index contributed by atoms with van der Waals surface area (Å²) < 4.78 is 13.1. The molecule has 4 aliphatic rings. The zero-order valence-corrected chi connectivity index (χ0v) is 22.6. The number of piperazine rings is 1. The fourth-order valence-corrected chi connectivity index (χ4v) is 6.74. The second-order valence-corrected chi connectivity index (χ2v) is 11.2. The zero-order chi connectivity index (χ0) is 27.0. The van der Waals surface area contributed by atoms with Crippen LogP contribution in [0.4, 0.5) is 5.82 Å². The molecule has 1 aromatic heterocycles. The summed E-state index contributed by atoms with van der Waals surface area (Å²) in [6.07, 6.45) is 7.41. The number of ether oxygens (including phenoxy) is 2. The molecule has 3 atom stereocenters. The minimum Gasteiger partial charge on any atom is -0.466 e. The van der Waals surface area contributed by atoms with Crippen molar-refractivity contribution < 1.29 is 14.3 Å². The lowest BCUT2D eigenvalue weighted by Gasteiger charge is -2.42. The number of carbonyl (C=O) groups excluding carboxylic acids is 1. The van der Waals surface area contributed by atoms with E-state index in [0.29, 0.717) is 44.2 Å². The highest BCUT2D eigenvalue weighted by atomic mass is 16.5. The number of likely N-dealkylation sites (tertiary alicyclic amines) is 1. The number of carbonyl (C=O) groups is 1. The number of rotatable bonds is 6. The SMILES string of the molecule is C=CC(=O)N1CCN(c2nc(OC[C@@H]3CCCN3C)nc3c2CC[C@@]2(CCc4ccccc42)O3)C[C@@H]1CC#N. The molecule has 0 N–H and O–H groups in total. The van der Waals surface area contributed by atoms with Crippen LogP contribution in [0.25, 0.3) is 0 Å². The molecule has 0 bridgehead atoms. The Morgan fingerprint density at radius 2 is 2.08 bits per heavy atom. The lowest BCUT2D eigenvalue weighted by atomic mass is 9.87. The molecule has 1 spiro atoms. The van der Waals surface area contributed by atoms with Crippen molar-refractivity contribution in [2.75, 3.05) is 44.7 Å². The van der Waals surface area contributed by atoms with Gasteiger partial charge in [0.05, 0.1) is 24.1 Å². The molecule has 1 aromatic carbocycles. The molecule has 4 heterocycles. The zero-order valence-electron chi connectivity index (χ0n) is 22.6. The van der Waals surface area contributed by atoms with E-state index in [0.717, 1.165) is 50.0 Å². The molecule has 204 valence electrons. The predicted molar refractivity (Wildman–Crippen MR) is 147 cm³/mol. The molecule has 3 aliphatic heterocycles. The summed E-state index contributed by atoms with van der Waals surface area (Å²) in [5.41, 5.74) is 3.21. The first-order valence-corrected chi connectivity index (χ1v) is 14.1. The molecule has 2 saturated heterocycles. The van der Waals surface area contributed by atoms with E-state index < -0.39 is 0 Å². The van der Waals surface area contributed by atoms with Crippen LogP contribution in [-0.2, 0) is 23.2 Å². The minimum atomic E-state index is -0.378. The Balaban J connectivity index is 1.33. The molecule has 0 unspecified atom stereocenters. The Bertz CT molecular complexity index is 1310. The Morgan fingerprint density at radius 1 is 1.23 bits per heavy atom. The summed E-state index contributed by atoms with van der Waals surface area (Å²) in [6, 6.07) is 11.2. The van der Waals surface area contributed by atoms with Gasteiger partial charge in [-0.3, -0.25) is 4.79 Å². The second kappa shape index (κ2) is 10.5. The van der Waals surface area contributed by atoms with Crippen LogP contribution in [0.15, 0.2) is 36.9 Å². The average Bonchev–Trinajstić information content (AvgIpc) is 3.54. The predicted octanol–water partition coefficient (Wildman–Crippen LogP) is 3.23. The maximum Gasteiger partial charge on any atom is 0.321 e. The van der Waals surface area contributed by atoms with Gasteiger partial charge in [-0.25, -0.2) is 0 Å². The summed E-state index contributed by atoms with van der Waals surface area (Å²) >= 11 is 0. The van der Waals surface area contributed by atoms with E-state index in [1.54, 1.807) is 4.90 Å². The number of nitrogens with zero attached hydrogens (tertiary/aromatic N) is 6. The molecule has 6 rings (SSSR count). The lowest BCUT2D eigenvalue weighted by Crippen LogP contribution is -2.55. The van der Waals surface area contributed by atoms with Gasteiger partial charge in [-0.2, -0.15) is 15.2 Å². The van der Waals surface area contributed by atoms with Gasteiger partial charge in [-0.1, -0.05) is 30.8 Å². The molecule has 2 aromatic rings. The largest absolute Gasteiger partial charge is 0.466 e. The Kier molecular flexibility index (Phi) is 6.90. The van der Waals surface area contributed by atoms with Crippen molar-refractivity contribution in [3.05, 3.63) is 53.6 Å². The van der Waals surface area contributed by atoms with Crippen molar-refractivity contribution in [1.82, 2.24) is 19.8 Å². The Morgan fingerprint density at radius 3 is 2.87 bits per heavy atom. The molecular formula is C30H36N6O3. The van der Waals surface area contributed by atoms with Crippen LogP contribution in [0.5, 0.6) is 11.9 Å². The van der Waals surface area contributed by atoms with Crippen molar-refractivity contribution in [3.63, 3.8) is 0 Å². The fourth-order valence-electron chi connectivity index (χ4n) is 6.74. The molecule has 0 saturated carbocycles. The lowest BCUT2D eigenvalue weighted by molar-refractivity contribution is -0.128. The van der Waals surface area contributed by atoms with Gasteiger partial charge in [0.1, 0.15) is 18.0 Å². The molecule has 39 heavy (non-hydrogen) atoms. The van der Waals surface area contributed by atoms with Crippen LogP contribution in [0, 0.1) is 11.3 Å². The van der Waals surface area contributed by atoms with E-state index >= 15 is 0 Å². The van der Waals surface area contributed by atoms with Gasteiger partial charge in [0.15, 0.2) is 0 Å². The first-order chi connectivity index (χ1) is 19.0. The highest BCUT2D eigenvalue weighted by Crippen LogP contribution is 2.49. The molecule has 1 amide bonds. The van der Waals surface area contributed by atoms with E-state index in [1.165, 1.54) is 23.6 Å². The Hall–Kier alpha value is -3.64.